The van der Waals surface area contributed by atoms with Crippen molar-refractivity contribution in [1.29, 1.82) is 0 Å². The molecule has 8 heteroatoms. The number of morpholine rings is 1. The Kier molecular flexibility index (Phi) is 5.12. The van der Waals surface area contributed by atoms with Crippen molar-refractivity contribution in [3.05, 3.63) is 53.3 Å². The molecule has 0 radical (unpaired) electrons. The Labute approximate surface area is 161 Å². The molecule has 28 heavy (non-hydrogen) atoms. The van der Waals surface area contributed by atoms with Gasteiger partial charge in [0.2, 0.25) is 6.79 Å². The van der Waals surface area contributed by atoms with Crippen molar-refractivity contribution < 1.29 is 23.4 Å². The van der Waals surface area contributed by atoms with E-state index < -0.39 is 0 Å². The first-order valence-corrected chi connectivity index (χ1v) is 8.99. The second-order valence-electron chi connectivity index (χ2n) is 6.47. The van der Waals surface area contributed by atoms with Crippen LogP contribution in [0, 0.1) is 5.82 Å². The van der Waals surface area contributed by atoms with Crippen molar-refractivity contribution in [2.45, 2.75) is 6.92 Å². The molecular weight excluding hydrogens is 365 g/mol. The molecule has 1 saturated heterocycles. The zero-order valence-electron chi connectivity index (χ0n) is 15.4. The van der Waals surface area contributed by atoms with Gasteiger partial charge in [-0.1, -0.05) is 6.07 Å². The molecule has 1 N–H and O–H groups in total. The fourth-order valence-corrected chi connectivity index (χ4v) is 3.09. The number of hydrazone groups is 1. The van der Waals surface area contributed by atoms with E-state index in [1.54, 1.807) is 37.3 Å². The molecule has 2 aromatic carbocycles. The summed E-state index contributed by atoms with van der Waals surface area (Å²) in [4.78, 5) is 14.3. The summed E-state index contributed by atoms with van der Waals surface area (Å²) in [7, 11) is 0. The maximum Gasteiger partial charge on any atom is 0.271 e. The van der Waals surface area contributed by atoms with E-state index in [9.17, 15) is 9.18 Å². The molecule has 0 atom stereocenters. The van der Waals surface area contributed by atoms with Gasteiger partial charge in [-0.05, 0) is 37.3 Å². The molecule has 1 fully saturated rings. The Bertz CT molecular complexity index is 926. The molecule has 2 aliphatic rings. The van der Waals surface area contributed by atoms with Crippen LogP contribution in [0.1, 0.15) is 22.8 Å². The number of rotatable bonds is 4. The third kappa shape index (κ3) is 3.77. The second-order valence-corrected chi connectivity index (χ2v) is 6.47. The average Bonchev–Trinajstić information content (AvgIpc) is 3.20. The topological polar surface area (TPSA) is 72.4 Å². The Morgan fingerprint density at radius 3 is 2.61 bits per heavy atom. The van der Waals surface area contributed by atoms with Gasteiger partial charge in [-0.2, -0.15) is 5.10 Å². The highest BCUT2D eigenvalue weighted by atomic mass is 19.1. The lowest BCUT2D eigenvalue weighted by Crippen LogP contribution is -2.36. The summed E-state index contributed by atoms with van der Waals surface area (Å²) in [5.74, 6) is 0.417. The molecule has 4 rings (SSSR count). The molecule has 0 spiro atoms. The molecule has 7 nitrogen and oxygen atoms in total. The van der Waals surface area contributed by atoms with Crippen molar-refractivity contribution in [3.63, 3.8) is 0 Å². The Morgan fingerprint density at radius 1 is 1.07 bits per heavy atom. The van der Waals surface area contributed by atoms with Crippen LogP contribution in [0.5, 0.6) is 11.5 Å². The van der Waals surface area contributed by atoms with E-state index in [2.05, 4.69) is 10.5 Å². The third-order valence-electron chi connectivity index (χ3n) is 4.68. The van der Waals surface area contributed by atoms with Gasteiger partial charge in [-0.15, -0.1) is 0 Å². The highest BCUT2D eigenvalue weighted by Crippen LogP contribution is 2.32. The van der Waals surface area contributed by atoms with E-state index in [0.29, 0.717) is 60.3 Å². The van der Waals surface area contributed by atoms with Crippen molar-refractivity contribution >= 4 is 17.3 Å². The number of fused-ring (bicyclic) bond motifs is 1. The molecular formula is C20H20FN3O4. The van der Waals surface area contributed by atoms with Gasteiger partial charge in [0.05, 0.1) is 24.6 Å². The van der Waals surface area contributed by atoms with Gasteiger partial charge in [0.25, 0.3) is 5.91 Å². The number of halogens is 1. The number of hydrogen-bond acceptors (Lipinski definition) is 6. The van der Waals surface area contributed by atoms with Crippen molar-refractivity contribution in [2.75, 3.05) is 38.0 Å². The normalized spacial score (nSPS) is 16.2. The first-order valence-electron chi connectivity index (χ1n) is 8.99. The van der Waals surface area contributed by atoms with Crippen LogP contribution in [0.4, 0.5) is 10.1 Å². The highest BCUT2D eigenvalue weighted by molar-refractivity contribution is 6.01. The number of nitrogens with one attached hydrogen (secondary N) is 1. The number of amides is 1. The summed E-state index contributed by atoms with van der Waals surface area (Å²) >= 11 is 0. The van der Waals surface area contributed by atoms with Gasteiger partial charge >= 0.3 is 0 Å². The van der Waals surface area contributed by atoms with Gasteiger partial charge in [-0.25, -0.2) is 9.82 Å². The summed E-state index contributed by atoms with van der Waals surface area (Å²) in [5.41, 5.74) is 4.53. The third-order valence-corrected chi connectivity index (χ3v) is 4.68. The molecule has 0 unspecified atom stereocenters. The van der Waals surface area contributed by atoms with Gasteiger partial charge in [0, 0.05) is 24.2 Å². The molecule has 0 aromatic heterocycles. The maximum absolute atomic E-state index is 14.5. The molecule has 146 valence electrons. The van der Waals surface area contributed by atoms with Gasteiger partial charge in [-0.3, -0.25) is 4.79 Å². The maximum atomic E-state index is 14.5. The molecule has 2 heterocycles. The first kappa shape index (κ1) is 18.2. The lowest BCUT2D eigenvalue weighted by molar-refractivity contribution is 0.0954. The van der Waals surface area contributed by atoms with Crippen LogP contribution < -0.4 is 19.8 Å². The number of hydrogen-bond donors (Lipinski definition) is 1. The standard InChI is InChI=1S/C20H20FN3O4/c1-13(14-2-4-17(16(21)10-14)24-6-8-26-9-7-24)22-23-20(25)15-3-5-18-19(11-15)28-12-27-18/h2-5,10-11H,6-9,12H2,1H3,(H,23,25). The fourth-order valence-electron chi connectivity index (χ4n) is 3.09. The monoisotopic (exact) mass is 385 g/mol. The summed E-state index contributed by atoms with van der Waals surface area (Å²) in [6.45, 7) is 4.36. The SMILES string of the molecule is CC(=NNC(=O)c1ccc2c(c1)OCO2)c1ccc(N2CCOCC2)c(F)c1. The summed E-state index contributed by atoms with van der Waals surface area (Å²) in [6, 6.07) is 9.85. The predicted octanol–water partition coefficient (Wildman–Crippen LogP) is 2.55. The minimum atomic E-state index is -0.386. The Morgan fingerprint density at radius 2 is 1.82 bits per heavy atom. The number of carbonyl (C=O) groups is 1. The van der Waals surface area contributed by atoms with Crippen LogP contribution in [0.3, 0.4) is 0 Å². The van der Waals surface area contributed by atoms with E-state index >= 15 is 0 Å². The minimum Gasteiger partial charge on any atom is -0.454 e. The van der Waals surface area contributed by atoms with Crippen LogP contribution in [-0.4, -0.2) is 44.7 Å². The van der Waals surface area contributed by atoms with Crippen molar-refractivity contribution in [1.82, 2.24) is 5.43 Å². The van der Waals surface area contributed by atoms with Crippen LogP contribution in [0.2, 0.25) is 0 Å². The number of carbonyl (C=O) groups excluding carboxylic acids is 1. The molecule has 1 amide bonds. The summed E-state index contributed by atoms with van der Waals surface area (Å²) in [6.07, 6.45) is 0. The lowest BCUT2D eigenvalue weighted by atomic mass is 10.1. The summed E-state index contributed by atoms with van der Waals surface area (Å²) < 4.78 is 30.3. The minimum absolute atomic E-state index is 0.143. The van der Waals surface area contributed by atoms with Crippen LogP contribution in [-0.2, 0) is 4.74 Å². The quantitative estimate of drug-likeness (QED) is 0.647. The number of nitrogens with zero attached hydrogens (tertiary/aromatic N) is 2. The fraction of sp³-hybridized carbons (Fsp3) is 0.300. The largest absolute Gasteiger partial charge is 0.454 e. The van der Waals surface area contributed by atoms with E-state index in [0.717, 1.165) is 0 Å². The zero-order chi connectivity index (χ0) is 19.5. The lowest BCUT2D eigenvalue weighted by Gasteiger charge is -2.29. The molecule has 2 aliphatic heterocycles. The molecule has 0 saturated carbocycles. The molecule has 2 aromatic rings. The predicted molar refractivity (Wildman–Crippen MR) is 102 cm³/mol. The average molecular weight is 385 g/mol. The summed E-state index contributed by atoms with van der Waals surface area (Å²) in [5, 5.41) is 4.09. The smallest absolute Gasteiger partial charge is 0.271 e. The number of ether oxygens (including phenoxy) is 3. The second kappa shape index (κ2) is 7.85. The van der Waals surface area contributed by atoms with Gasteiger partial charge < -0.3 is 19.1 Å². The van der Waals surface area contributed by atoms with Crippen molar-refractivity contribution in [2.24, 2.45) is 5.10 Å². The van der Waals surface area contributed by atoms with Crippen molar-refractivity contribution in [3.8, 4) is 11.5 Å². The van der Waals surface area contributed by atoms with Gasteiger partial charge in [0.1, 0.15) is 5.82 Å². The molecule has 0 bridgehead atoms. The van der Waals surface area contributed by atoms with Gasteiger partial charge in [0.15, 0.2) is 11.5 Å². The number of anilines is 1. The van der Waals surface area contributed by atoms with Crippen LogP contribution >= 0.6 is 0 Å². The zero-order valence-corrected chi connectivity index (χ0v) is 15.4. The first-order chi connectivity index (χ1) is 13.6. The van der Waals surface area contributed by atoms with E-state index in [4.69, 9.17) is 14.2 Å². The highest BCUT2D eigenvalue weighted by Gasteiger charge is 2.17. The Hall–Kier alpha value is -3.13. The van der Waals surface area contributed by atoms with E-state index in [1.165, 1.54) is 6.07 Å². The molecule has 0 aliphatic carbocycles. The van der Waals surface area contributed by atoms with E-state index in [-0.39, 0.29) is 18.5 Å². The Balaban J connectivity index is 1.44. The van der Waals surface area contributed by atoms with Crippen LogP contribution in [0.25, 0.3) is 0 Å². The van der Waals surface area contributed by atoms with Crippen LogP contribution in [0.15, 0.2) is 41.5 Å². The number of benzene rings is 2. The van der Waals surface area contributed by atoms with E-state index in [1.807, 2.05) is 4.90 Å².